The molecule has 4 heteroatoms. The maximum absolute atomic E-state index is 11.5. The fourth-order valence-electron chi connectivity index (χ4n) is 6.79. The van der Waals surface area contributed by atoms with Crippen LogP contribution in [0.1, 0.15) is 233 Å². The van der Waals surface area contributed by atoms with Crippen LogP contribution in [0.4, 0.5) is 0 Å². The van der Waals surface area contributed by atoms with Crippen molar-refractivity contribution in [3.05, 3.63) is 0 Å². The molecule has 1 unspecified atom stereocenters. The summed E-state index contributed by atoms with van der Waals surface area (Å²) in [5.74, 6) is -0.878. The van der Waals surface area contributed by atoms with Gasteiger partial charge >= 0.3 is 51.4 Å². The van der Waals surface area contributed by atoms with Gasteiger partial charge in [-0.1, -0.05) is 207 Å². The summed E-state index contributed by atoms with van der Waals surface area (Å²) in [7, 11) is 0. The van der Waals surface area contributed by atoms with E-state index in [0.29, 0.717) is 0 Å². The smallest absolute Gasteiger partial charge is 0.550 e. The monoisotopic (exact) mass is 646 g/mol. The predicted molar refractivity (Wildman–Crippen MR) is 190 cm³/mol. The molecule has 0 aromatic heterocycles. The molecule has 258 valence electrons. The molecular weight excluding hydrogens is 566 g/mol. The van der Waals surface area contributed by atoms with Crippen molar-refractivity contribution < 1.29 is 61.3 Å². The van der Waals surface area contributed by atoms with Crippen molar-refractivity contribution in [2.24, 2.45) is 0 Å². The van der Waals surface area contributed by atoms with Gasteiger partial charge in [-0.3, -0.25) is 0 Å². The number of carboxylic acid groups (broad SMARTS) is 1. The fourth-order valence-corrected chi connectivity index (χ4v) is 6.79. The molecule has 0 saturated heterocycles. The third kappa shape index (κ3) is 35.9. The van der Waals surface area contributed by atoms with E-state index in [4.69, 9.17) is 0 Å². The van der Waals surface area contributed by atoms with Crippen LogP contribution in [0, 0.1) is 0 Å². The normalized spacial score (nSPS) is 12.1. The maximum Gasteiger partial charge on any atom is 1.00 e. The van der Waals surface area contributed by atoms with E-state index in [9.17, 15) is 9.90 Å². The molecule has 0 aliphatic carbocycles. The Balaban J connectivity index is 0. The molecule has 0 spiro atoms. The second kappa shape index (κ2) is 40.2. The van der Waals surface area contributed by atoms with Crippen molar-refractivity contribution in [1.82, 2.24) is 4.90 Å². The molecule has 1 atom stereocenters. The van der Waals surface area contributed by atoms with Gasteiger partial charge in [-0.25, -0.2) is 0 Å². The Morgan fingerprint density at radius 1 is 0.432 bits per heavy atom. The summed E-state index contributed by atoms with van der Waals surface area (Å²) in [6, 6.07) is 0.160. The number of rotatable bonds is 37. The molecule has 0 rings (SSSR count). The summed E-state index contributed by atoms with van der Waals surface area (Å²) in [6.45, 7) is 8.89. The molecule has 0 radical (unpaired) electrons. The quantitative estimate of drug-likeness (QED) is 0.0500. The minimum atomic E-state index is -0.878. The Kier molecular flexibility index (Phi) is 43.2. The molecule has 0 bridgehead atoms. The van der Waals surface area contributed by atoms with Gasteiger partial charge in [0, 0.05) is 18.4 Å². The van der Waals surface area contributed by atoms with Crippen molar-refractivity contribution in [3.8, 4) is 0 Å². The topological polar surface area (TPSA) is 43.4 Å². The number of hydrogen-bond acceptors (Lipinski definition) is 3. The molecule has 0 aliphatic rings. The maximum atomic E-state index is 11.5. The van der Waals surface area contributed by atoms with Crippen LogP contribution in [0.15, 0.2) is 0 Å². The molecule has 0 N–H and O–H groups in total. The van der Waals surface area contributed by atoms with Gasteiger partial charge < -0.3 is 14.8 Å². The molecule has 0 aromatic carbocycles. The van der Waals surface area contributed by atoms with Crippen LogP contribution in [0.5, 0.6) is 0 Å². The number of unbranched alkanes of at least 4 members (excludes halogenated alkanes) is 28. The van der Waals surface area contributed by atoms with E-state index in [1.807, 2.05) is 0 Å². The molecule has 0 fully saturated rings. The van der Waals surface area contributed by atoms with Crippen LogP contribution in [0.2, 0.25) is 0 Å². The third-order valence-corrected chi connectivity index (χ3v) is 9.64. The van der Waals surface area contributed by atoms with Crippen LogP contribution in [-0.4, -0.2) is 30.0 Å². The second-order valence-corrected chi connectivity index (χ2v) is 14.0. The van der Waals surface area contributed by atoms with Crippen molar-refractivity contribution in [2.75, 3.05) is 13.1 Å². The number of hydrogen-bond donors (Lipinski definition) is 0. The van der Waals surface area contributed by atoms with Gasteiger partial charge in [-0.05, 0) is 32.4 Å². The average Bonchev–Trinajstić information content (AvgIpc) is 2.99. The molecule has 44 heavy (non-hydrogen) atoms. The standard InChI is InChI=1S/C40H81NO2.K/c1-4-7-9-11-13-15-17-19-21-23-25-27-29-31-33-36-41(39(35-6-3)38-40(42)43)37-34-32-30-28-26-24-22-20-18-16-14-12-10-8-5-2;/h39H,4-38H2,1-3H3,(H,42,43);/q;+1/p-1. The molecule has 0 aliphatic heterocycles. The SMILES string of the molecule is CCCCCCCCCCCCCCCCCN(CCCCCCCCCCCCCCCCC)C(CCC)CC(=O)[O-].[K+]. The van der Waals surface area contributed by atoms with E-state index < -0.39 is 5.97 Å². The first-order chi connectivity index (χ1) is 21.2. The number of carbonyl (C=O) groups is 1. The Morgan fingerprint density at radius 3 is 0.909 bits per heavy atom. The minimum Gasteiger partial charge on any atom is -0.550 e. The van der Waals surface area contributed by atoms with Crippen LogP contribution in [0.25, 0.3) is 0 Å². The third-order valence-electron chi connectivity index (χ3n) is 9.64. The molecule has 0 aromatic rings. The Labute approximate surface area is 321 Å². The van der Waals surface area contributed by atoms with Crippen molar-refractivity contribution in [2.45, 2.75) is 239 Å². The van der Waals surface area contributed by atoms with Crippen molar-refractivity contribution in [1.29, 1.82) is 0 Å². The second-order valence-electron chi connectivity index (χ2n) is 14.0. The number of aliphatic carboxylic acids is 1. The van der Waals surface area contributed by atoms with Gasteiger partial charge in [0.25, 0.3) is 0 Å². The summed E-state index contributed by atoms with van der Waals surface area (Å²) in [5, 5.41) is 11.5. The number of nitrogens with zero attached hydrogens (tertiary/aromatic N) is 1. The zero-order valence-electron chi connectivity index (χ0n) is 31.1. The summed E-state index contributed by atoms with van der Waals surface area (Å²) < 4.78 is 0. The van der Waals surface area contributed by atoms with E-state index in [2.05, 4.69) is 25.7 Å². The molecule has 0 amide bonds. The van der Waals surface area contributed by atoms with Crippen LogP contribution >= 0.6 is 0 Å². The molecule has 0 saturated carbocycles. The van der Waals surface area contributed by atoms with Gasteiger partial charge in [-0.15, -0.1) is 0 Å². The summed E-state index contributed by atoms with van der Waals surface area (Å²) >= 11 is 0. The van der Waals surface area contributed by atoms with Crippen molar-refractivity contribution in [3.63, 3.8) is 0 Å². The molecule has 3 nitrogen and oxygen atoms in total. The number of carbonyl (C=O) groups excluding carboxylic acids is 1. The van der Waals surface area contributed by atoms with Gasteiger partial charge in [0.15, 0.2) is 0 Å². The first-order valence-electron chi connectivity index (χ1n) is 20.1. The zero-order valence-corrected chi connectivity index (χ0v) is 34.2. The largest absolute Gasteiger partial charge is 1.00 e. The van der Waals surface area contributed by atoms with E-state index in [1.165, 1.54) is 193 Å². The Bertz CT molecular complexity index is 509. The Hall–Kier alpha value is 1.07. The van der Waals surface area contributed by atoms with Gasteiger partial charge in [0.2, 0.25) is 0 Å². The summed E-state index contributed by atoms with van der Waals surface area (Å²) in [6.07, 6.45) is 43.9. The van der Waals surface area contributed by atoms with Crippen LogP contribution in [0.3, 0.4) is 0 Å². The zero-order chi connectivity index (χ0) is 31.5. The van der Waals surface area contributed by atoms with Gasteiger partial charge in [0.05, 0.1) is 0 Å². The van der Waals surface area contributed by atoms with E-state index >= 15 is 0 Å². The summed E-state index contributed by atoms with van der Waals surface area (Å²) in [4.78, 5) is 14.0. The number of carboxylic acids is 1. The minimum absolute atomic E-state index is 0. The average molecular weight is 646 g/mol. The first-order valence-corrected chi connectivity index (χ1v) is 20.1. The molecule has 0 heterocycles. The van der Waals surface area contributed by atoms with E-state index in [0.717, 1.165) is 25.9 Å². The fraction of sp³-hybridized carbons (Fsp3) is 0.975. The van der Waals surface area contributed by atoms with Crippen molar-refractivity contribution >= 4 is 5.97 Å². The predicted octanol–water partition coefficient (Wildman–Crippen LogP) is 9.34. The van der Waals surface area contributed by atoms with Gasteiger partial charge in [-0.2, -0.15) is 0 Å². The van der Waals surface area contributed by atoms with E-state index in [-0.39, 0.29) is 63.8 Å². The van der Waals surface area contributed by atoms with Crippen LogP contribution < -0.4 is 56.5 Å². The Morgan fingerprint density at radius 2 is 0.682 bits per heavy atom. The van der Waals surface area contributed by atoms with E-state index in [1.54, 1.807) is 0 Å². The summed E-state index contributed by atoms with van der Waals surface area (Å²) in [5.41, 5.74) is 0. The van der Waals surface area contributed by atoms with Crippen LogP contribution in [-0.2, 0) is 4.79 Å². The van der Waals surface area contributed by atoms with Gasteiger partial charge in [0.1, 0.15) is 0 Å². The molecular formula is C40H80KNO2. The first kappa shape index (κ1) is 47.2.